The number of alkyl halides is 3. The second kappa shape index (κ2) is 7.34. The number of carbonyl (C=O) groups is 1. The lowest BCUT2D eigenvalue weighted by molar-refractivity contribution is -0.137. The lowest BCUT2D eigenvalue weighted by Crippen LogP contribution is -2.40. The average Bonchev–Trinajstić information content (AvgIpc) is 3.31. The number of hydrogen-bond donors (Lipinski definition) is 2. The zero-order chi connectivity index (χ0) is 17.0. The molecule has 0 heterocycles. The van der Waals surface area contributed by atoms with Crippen LogP contribution in [0.4, 0.5) is 13.2 Å². The summed E-state index contributed by atoms with van der Waals surface area (Å²) >= 11 is 0. The summed E-state index contributed by atoms with van der Waals surface area (Å²) in [5.74, 6) is 0.00583. The molecule has 0 radical (unpaired) electrons. The van der Waals surface area contributed by atoms with Crippen LogP contribution in [0.5, 0.6) is 0 Å². The van der Waals surface area contributed by atoms with Crippen molar-refractivity contribution in [3.05, 3.63) is 35.4 Å². The van der Waals surface area contributed by atoms with Crippen LogP contribution in [-0.2, 0) is 17.4 Å². The highest BCUT2D eigenvalue weighted by molar-refractivity contribution is 5.79. The van der Waals surface area contributed by atoms with Crippen molar-refractivity contribution in [1.29, 1.82) is 0 Å². The van der Waals surface area contributed by atoms with Crippen LogP contribution in [0, 0.1) is 11.8 Å². The maximum absolute atomic E-state index is 12.5. The van der Waals surface area contributed by atoms with Crippen LogP contribution in [-0.4, -0.2) is 23.7 Å². The molecular weight excluding hydrogens is 307 g/mol. The highest BCUT2D eigenvalue weighted by atomic mass is 19.4. The minimum atomic E-state index is -4.34. The standard InChI is InChI=1S/C17H22F3NO2/c1-11(16(23)21-15(8-9-22)13-4-5-13)10-12-2-6-14(7-3-12)17(18,19)20/h2-3,6-7,11,13,15,22H,4-5,8-10H2,1H3,(H,21,23). The highest BCUT2D eigenvalue weighted by Gasteiger charge is 2.33. The summed E-state index contributed by atoms with van der Waals surface area (Å²) in [5.41, 5.74) is 0.0147. The summed E-state index contributed by atoms with van der Waals surface area (Å²) in [5, 5.41) is 12.0. The van der Waals surface area contributed by atoms with E-state index in [4.69, 9.17) is 5.11 Å². The maximum atomic E-state index is 12.5. The Morgan fingerprint density at radius 2 is 1.91 bits per heavy atom. The van der Waals surface area contributed by atoms with Crippen LogP contribution in [0.3, 0.4) is 0 Å². The molecule has 2 N–H and O–H groups in total. The molecule has 2 rings (SSSR count). The molecule has 0 saturated heterocycles. The molecule has 1 fully saturated rings. The number of aliphatic hydroxyl groups excluding tert-OH is 1. The number of aliphatic hydroxyl groups is 1. The normalized spacial score (nSPS) is 17.6. The fourth-order valence-corrected chi connectivity index (χ4v) is 2.66. The van der Waals surface area contributed by atoms with Crippen LogP contribution in [0.2, 0.25) is 0 Å². The predicted octanol–water partition coefficient (Wildman–Crippen LogP) is 3.16. The van der Waals surface area contributed by atoms with E-state index in [9.17, 15) is 18.0 Å². The van der Waals surface area contributed by atoms with E-state index in [1.54, 1.807) is 6.92 Å². The van der Waals surface area contributed by atoms with Crippen LogP contribution in [0.15, 0.2) is 24.3 Å². The third kappa shape index (κ3) is 5.23. The second-order valence-corrected chi connectivity index (χ2v) is 6.26. The Morgan fingerprint density at radius 3 is 2.39 bits per heavy atom. The Labute approximate surface area is 133 Å². The summed E-state index contributed by atoms with van der Waals surface area (Å²) in [4.78, 5) is 12.2. The first-order chi connectivity index (χ1) is 10.8. The van der Waals surface area contributed by atoms with Gasteiger partial charge in [-0.05, 0) is 49.3 Å². The fourth-order valence-electron chi connectivity index (χ4n) is 2.66. The third-order valence-corrected chi connectivity index (χ3v) is 4.23. The molecule has 2 atom stereocenters. The summed E-state index contributed by atoms with van der Waals surface area (Å²) < 4.78 is 37.6. The van der Waals surface area contributed by atoms with Crippen molar-refractivity contribution in [2.24, 2.45) is 11.8 Å². The molecule has 1 aromatic rings. The van der Waals surface area contributed by atoms with Gasteiger partial charge in [0, 0.05) is 18.6 Å². The van der Waals surface area contributed by atoms with Gasteiger partial charge in [-0.2, -0.15) is 13.2 Å². The first-order valence-corrected chi connectivity index (χ1v) is 7.88. The molecule has 1 saturated carbocycles. The van der Waals surface area contributed by atoms with E-state index in [2.05, 4.69) is 5.32 Å². The van der Waals surface area contributed by atoms with E-state index in [1.807, 2.05) is 0 Å². The maximum Gasteiger partial charge on any atom is 0.416 e. The van der Waals surface area contributed by atoms with E-state index >= 15 is 0 Å². The van der Waals surface area contributed by atoms with Gasteiger partial charge in [-0.25, -0.2) is 0 Å². The molecule has 0 spiro atoms. The Kier molecular flexibility index (Phi) is 5.68. The molecule has 2 unspecified atom stereocenters. The Balaban J connectivity index is 1.90. The van der Waals surface area contributed by atoms with Gasteiger partial charge in [0.1, 0.15) is 0 Å². The molecule has 23 heavy (non-hydrogen) atoms. The SMILES string of the molecule is CC(Cc1ccc(C(F)(F)F)cc1)C(=O)NC(CCO)C1CC1. The van der Waals surface area contributed by atoms with Crippen molar-refractivity contribution in [2.75, 3.05) is 6.61 Å². The molecule has 1 aromatic carbocycles. The Bertz CT molecular complexity index is 524. The molecule has 6 heteroatoms. The van der Waals surface area contributed by atoms with Crippen molar-refractivity contribution >= 4 is 5.91 Å². The van der Waals surface area contributed by atoms with Crippen molar-refractivity contribution in [2.45, 2.75) is 44.8 Å². The zero-order valence-corrected chi connectivity index (χ0v) is 13.1. The molecule has 1 amide bonds. The minimum Gasteiger partial charge on any atom is -0.396 e. The predicted molar refractivity (Wildman–Crippen MR) is 80.7 cm³/mol. The average molecular weight is 329 g/mol. The molecule has 128 valence electrons. The summed E-state index contributed by atoms with van der Waals surface area (Å²) in [6.07, 6.45) is -1.27. The zero-order valence-electron chi connectivity index (χ0n) is 13.1. The molecule has 0 bridgehead atoms. The number of hydrogen-bond acceptors (Lipinski definition) is 2. The van der Waals surface area contributed by atoms with E-state index in [-0.39, 0.29) is 24.5 Å². The van der Waals surface area contributed by atoms with Crippen LogP contribution < -0.4 is 5.32 Å². The third-order valence-electron chi connectivity index (χ3n) is 4.23. The summed E-state index contributed by atoms with van der Waals surface area (Å²) in [7, 11) is 0. The van der Waals surface area contributed by atoms with Crippen LogP contribution in [0.1, 0.15) is 37.3 Å². The molecule has 0 aromatic heterocycles. The first-order valence-electron chi connectivity index (χ1n) is 7.88. The van der Waals surface area contributed by atoms with Crippen LogP contribution in [0.25, 0.3) is 0 Å². The minimum absolute atomic E-state index is 0.00237. The quantitative estimate of drug-likeness (QED) is 0.807. The Hall–Kier alpha value is -1.56. The van der Waals surface area contributed by atoms with Gasteiger partial charge in [0.05, 0.1) is 5.56 Å². The molecule has 0 aliphatic heterocycles. The smallest absolute Gasteiger partial charge is 0.396 e. The van der Waals surface area contributed by atoms with Gasteiger partial charge < -0.3 is 10.4 Å². The topological polar surface area (TPSA) is 49.3 Å². The van der Waals surface area contributed by atoms with Gasteiger partial charge in [0.2, 0.25) is 5.91 Å². The monoisotopic (exact) mass is 329 g/mol. The molecule has 3 nitrogen and oxygen atoms in total. The van der Waals surface area contributed by atoms with Crippen molar-refractivity contribution < 1.29 is 23.1 Å². The Morgan fingerprint density at radius 1 is 1.30 bits per heavy atom. The van der Waals surface area contributed by atoms with E-state index in [1.165, 1.54) is 12.1 Å². The van der Waals surface area contributed by atoms with E-state index in [0.717, 1.165) is 25.0 Å². The molecule has 1 aliphatic carbocycles. The van der Waals surface area contributed by atoms with Crippen molar-refractivity contribution in [1.82, 2.24) is 5.32 Å². The number of benzene rings is 1. The highest BCUT2D eigenvalue weighted by Crippen LogP contribution is 2.34. The number of rotatable bonds is 7. The molecule has 1 aliphatic rings. The van der Waals surface area contributed by atoms with Crippen molar-refractivity contribution in [3.63, 3.8) is 0 Å². The second-order valence-electron chi connectivity index (χ2n) is 6.26. The lowest BCUT2D eigenvalue weighted by Gasteiger charge is -2.20. The van der Waals surface area contributed by atoms with Gasteiger partial charge in [-0.1, -0.05) is 19.1 Å². The van der Waals surface area contributed by atoms with E-state index in [0.29, 0.717) is 24.3 Å². The first kappa shape index (κ1) is 17.8. The van der Waals surface area contributed by atoms with Gasteiger partial charge in [0.25, 0.3) is 0 Å². The lowest BCUT2D eigenvalue weighted by atomic mass is 9.98. The summed E-state index contributed by atoms with van der Waals surface area (Å²) in [6.45, 7) is 1.80. The van der Waals surface area contributed by atoms with Gasteiger partial charge in [0.15, 0.2) is 0 Å². The van der Waals surface area contributed by atoms with Crippen LogP contribution >= 0.6 is 0 Å². The summed E-state index contributed by atoms with van der Waals surface area (Å²) in [6, 6.07) is 4.91. The van der Waals surface area contributed by atoms with Crippen molar-refractivity contribution in [3.8, 4) is 0 Å². The van der Waals surface area contributed by atoms with Gasteiger partial charge >= 0.3 is 6.18 Å². The largest absolute Gasteiger partial charge is 0.416 e. The fraction of sp³-hybridized carbons (Fsp3) is 0.588. The molecular formula is C17H22F3NO2. The number of carbonyl (C=O) groups excluding carboxylic acids is 1. The van der Waals surface area contributed by atoms with Gasteiger partial charge in [-0.15, -0.1) is 0 Å². The van der Waals surface area contributed by atoms with E-state index < -0.39 is 11.7 Å². The number of amides is 1. The van der Waals surface area contributed by atoms with Gasteiger partial charge in [-0.3, -0.25) is 4.79 Å². The number of halogens is 3. The number of nitrogens with one attached hydrogen (secondary N) is 1.